The number of nitro benzene ring substituents is 1. The number of amides is 1. The third-order valence-electron chi connectivity index (χ3n) is 4.12. The SMILES string of the molecule is CC(C)C(NC(=O)COc1ccc([N+](=O)[O-])c(F)c1)c1nc(-c2ccncc2)no1. The summed E-state index contributed by atoms with van der Waals surface area (Å²) in [6, 6.07) is 5.93. The first-order valence-corrected chi connectivity index (χ1v) is 8.95. The highest BCUT2D eigenvalue weighted by atomic mass is 19.1. The molecule has 1 atom stereocenters. The number of ether oxygens (including phenoxy) is 1. The third-order valence-corrected chi connectivity index (χ3v) is 4.12. The summed E-state index contributed by atoms with van der Waals surface area (Å²) < 4.78 is 24.2. The molecule has 2 heterocycles. The summed E-state index contributed by atoms with van der Waals surface area (Å²) >= 11 is 0. The fraction of sp³-hybridized carbons (Fsp3) is 0.263. The normalized spacial score (nSPS) is 11.9. The molecule has 3 rings (SSSR count). The average Bonchev–Trinajstić information content (AvgIpc) is 3.20. The lowest BCUT2D eigenvalue weighted by Gasteiger charge is -2.18. The molecule has 2 aromatic heterocycles. The zero-order valence-corrected chi connectivity index (χ0v) is 16.1. The summed E-state index contributed by atoms with van der Waals surface area (Å²) in [5.41, 5.74) is 0.0467. The molecule has 0 spiro atoms. The molecule has 11 heteroatoms. The quantitative estimate of drug-likeness (QED) is 0.438. The summed E-state index contributed by atoms with van der Waals surface area (Å²) in [5, 5.41) is 17.3. The molecule has 0 bridgehead atoms. The topological polar surface area (TPSA) is 133 Å². The molecule has 1 aromatic carbocycles. The van der Waals surface area contributed by atoms with E-state index in [0.29, 0.717) is 5.82 Å². The Labute approximate surface area is 170 Å². The van der Waals surface area contributed by atoms with Gasteiger partial charge in [0, 0.05) is 30.1 Å². The fourth-order valence-corrected chi connectivity index (χ4v) is 2.58. The molecule has 1 N–H and O–H groups in total. The smallest absolute Gasteiger partial charge is 0.305 e. The third kappa shape index (κ3) is 4.93. The maximum atomic E-state index is 13.7. The zero-order chi connectivity index (χ0) is 21.7. The van der Waals surface area contributed by atoms with Crippen molar-refractivity contribution >= 4 is 11.6 Å². The molecule has 10 nitrogen and oxygen atoms in total. The average molecular weight is 415 g/mol. The van der Waals surface area contributed by atoms with Gasteiger partial charge in [0.05, 0.1) is 4.92 Å². The Bertz CT molecular complexity index is 1040. The largest absolute Gasteiger partial charge is 0.484 e. The van der Waals surface area contributed by atoms with E-state index in [9.17, 15) is 19.3 Å². The van der Waals surface area contributed by atoms with Crippen LogP contribution in [0.5, 0.6) is 5.75 Å². The second kappa shape index (κ2) is 9.07. The molecule has 0 fully saturated rings. The van der Waals surface area contributed by atoms with Crippen molar-refractivity contribution in [3.63, 3.8) is 0 Å². The maximum Gasteiger partial charge on any atom is 0.305 e. The number of rotatable bonds is 8. The molecule has 1 unspecified atom stereocenters. The Morgan fingerprint density at radius 1 is 1.30 bits per heavy atom. The lowest BCUT2D eigenvalue weighted by molar-refractivity contribution is -0.387. The molecule has 30 heavy (non-hydrogen) atoms. The van der Waals surface area contributed by atoms with Crippen LogP contribution in [0.25, 0.3) is 11.4 Å². The molecule has 0 aliphatic carbocycles. The van der Waals surface area contributed by atoms with E-state index in [0.717, 1.165) is 17.7 Å². The number of nitro groups is 1. The molecule has 3 aromatic rings. The van der Waals surface area contributed by atoms with Crippen LogP contribution in [-0.4, -0.2) is 32.6 Å². The number of pyridine rings is 1. The summed E-state index contributed by atoms with van der Waals surface area (Å²) in [5.74, 6) is -1.04. The number of hydrogen-bond acceptors (Lipinski definition) is 8. The van der Waals surface area contributed by atoms with Gasteiger partial charge in [-0.25, -0.2) is 0 Å². The van der Waals surface area contributed by atoms with Crippen molar-refractivity contribution in [2.75, 3.05) is 6.61 Å². The number of nitrogens with one attached hydrogen (secondary N) is 1. The van der Waals surface area contributed by atoms with Gasteiger partial charge in [-0.15, -0.1) is 0 Å². The van der Waals surface area contributed by atoms with E-state index in [1.165, 1.54) is 6.07 Å². The second-order valence-corrected chi connectivity index (χ2v) is 6.64. The molecule has 1 amide bonds. The van der Waals surface area contributed by atoms with Gasteiger partial charge in [-0.05, 0) is 24.1 Å². The predicted octanol–water partition coefficient (Wildman–Crippen LogP) is 3.07. The van der Waals surface area contributed by atoms with Crippen molar-refractivity contribution in [2.24, 2.45) is 5.92 Å². The van der Waals surface area contributed by atoms with Gasteiger partial charge in [-0.3, -0.25) is 19.9 Å². The number of nitrogens with zero attached hydrogens (tertiary/aromatic N) is 4. The van der Waals surface area contributed by atoms with Crippen molar-refractivity contribution in [3.8, 4) is 17.1 Å². The van der Waals surface area contributed by atoms with Gasteiger partial charge in [0.15, 0.2) is 6.61 Å². The highest BCUT2D eigenvalue weighted by molar-refractivity contribution is 5.78. The van der Waals surface area contributed by atoms with E-state index in [4.69, 9.17) is 9.26 Å². The van der Waals surface area contributed by atoms with Gasteiger partial charge >= 0.3 is 5.69 Å². The molecule has 156 valence electrons. The number of carbonyl (C=O) groups is 1. The highest BCUT2D eigenvalue weighted by Crippen LogP contribution is 2.24. The molecule has 0 radical (unpaired) electrons. The Kier molecular flexibility index (Phi) is 6.30. The van der Waals surface area contributed by atoms with Crippen molar-refractivity contribution in [1.82, 2.24) is 20.4 Å². The molecule has 0 saturated carbocycles. The number of carbonyl (C=O) groups excluding carboxylic acids is 1. The van der Waals surface area contributed by atoms with E-state index in [1.807, 2.05) is 13.8 Å². The van der Waals surface area contributed by atoms with Crippen LogP contribution in [0.2, 0.25) is 0 Å². The minimum absolute atomic E-state index is 0.00731. The number of benzene rings is 1. The van der Waals surface area contributed by atoms with Crippen molar-refractivity contribution < 1.29 is 23.4 Å². The lowest BCUT2D eigenvalue weighted by atomic mass is 10.0. The van der Waals surface area contributed by atoms with Crippen LogP contribution >= 0.6 is 0 Å². The Hall–Kier alpha value is -3.89. The van der Waals surface area contributed by atoms with Gasteiger partial charge in [-0.2, -0.15) is 9.37 Å². The first-order valence-electron chi connectivity index (χ1n) is 8.95. The van der Waals surface area contributed by atoms with Crippen LogP contribution in [0.3, 0.4) is 0 Å². The first-order chi connectivity index (χ1) is 14.3. The molecular formula is C19H18FN5O5. The van der Waals surface area contributed by atoms with Gasteiger partial charge in [0.2, 0.25) is 17.5 Å². The predicted molar refractivity (Wildman–Crippen MR) is 102 cm³/mol. The first kappa shape index (κ1) is 20.8. The molecule has 0 saturated heterocycles. The highest BCUT2D eigenvalue weighted by Gasteiger charge is 2.25. The summed E-state index contributed by atoms with van der Waals surface area (Å²) in [7, 11) is 0. The Morgan fingerprint density at radius 3 is 2.67 bits per heavy atom. The van der Waals surface area contributed by atoms with Crippen molar-refractivity contribution in [2.45, 2.75) is 19.9 Å². The van der Waals surface area contributed by atoms with E-state index in [1.54, 1.807) is 24.5 Å². The fourth-order valence-electron chi connectivity index (χ4n) is 2.58. The van der Waals surface area contributed by atoms with Crippen LogP contribution in [0.4, 0.5) is 10.1 Å². The van der Waals surface area contributed by atoms with Crippen LogP contribution in [0.15, 0.2) is 47.2 Å². The van der Waals surface area contributed by atoms with Gasteiger partial charge in [0.1, 0.15) is 11.8 Å². The molecule has 0 aliphatic heterocycles. The number of halogens is 1. The summed E-state index contributed by atoms with van der Waals surface area (Å²) in [6.07, 6.45) is 3.21. The molecular weight excluding hydrogens is 397 g/mol. The minimum Gasteiger partial charge on any atom is -0.484 e. The summed E-state index contributed by atoms with van der Waals surface area (Å²) in [6.45, 7) is 3.31. The van der Waals surface area contributed by atoms with Crippen molar-refractivity contribution in [3.05, 3.63) is 64.5 Å². The van der Waals surface area contributed by atoms with Gasteiger partial charge in [0.25, 0.3) is 5.91 Å². The van der Waals surface area contributed by atoms with E-state index >= 15 is 0 Å². The standard InChI is InChI=1S/C19H18FN5O5/c1-11(2)17(19-23-18(24-30-19)12-5-7-21-8-6-12)22-16(26)10-29-13-3-4-15(25(27)28)14(20)9-13/h3-9,11,17H,10H2,1-2H3,(H,22,26). The number of aromatic nitrogens is 3. The van der Waals surface area contributed by atoms with Gasteiger partial charge < -0.3 is 14.6 Å². The zero-order valence-electron chi connectivity index (χ0n) is 16.1. The van der Waals surface area contributed by atoms with Gasteiger partial charge in [-0.1, -0.05) is 19.0 Å². The monoisotopic (exact) mass is 415 g/mol. The Balaban J connectivity index is 1.64. The lowest BCUT2D eigenvalue weighted by Crippen LogP contribution is -2.35. The van der Waals surface area contributed by atoms with Crippen LogP contribution < -0.4 is 10.1 Å². The van der Waals surface area contributed by atoms with Crippen molar-refractivity contribution in [1.29, 1.82) is 0 Å². The summed E-state index contributed by atoms with van der Waals surface area (Å²) in [4.78, 5) is 30.4. The van der Waals surface area contributed by atoms with Crippen LogP contribution in [0.1, 0.15) is 25.8 Å². The molecule has 0 aliphatic rings. The van der Waals surface area contributed by atoms with E-state index < -0.39 is 35.0 Å². The van der Waals surface area contributed by atoms with E-state index in [2.05, 4.69) is 20.4 Å². The van der Waals surface area contributed by atoms with Crippen LogP contribution in [0, 0.1) is 21.8 Å². The maximum absolute atomic E-state index is 13.7. The second-order valence-electron chi connectivity index (χ2n) is 6.64. The minimum atomic E-state index is -1.05. The van der Waals surface area contributed by atoms with E-state index in [-0.39, 0.29) is 17.6 Å². The Morgan fingerprint density at radius 2 is 2.03 bits per heavy atom. The van der Waals surface area contributed by atoms with Crippen LogP contribution in [-0.2, 0) is 4.79 Å². The number of hydrogen-bond donors (Lipinski definition) is 1.